The third-order valence-electron chi connectivity index (χ3n) is 6.21. The molecule has 0 radical (unpaired) electrons. The fourth-order valence-corrected chi connectivity index (χ4v) is 4.44. The van der Waals surface area contributed by atoms with Crippen LogP contribution in [0.3, 0.4) is 0 Å². The highest BCUT2D eigenvalue weighted by Gasteiger charge is 2.31. The molecule has 174 valence electrons. The van der Waals surface area contributed by atoms with E-state index < -0.39 is 11.9 Å². The minimum Gasteiger partial charge on any atom is -0.486 e. The van der Waals surface area contributed by atoms with E-state index in [2.05, 4.69) is 9.97 Å². The molecule has 9 nitrogen and oxygen atoms in total. The molecule has 1 amide bonds. The van der Waals surface area contributed by atoms with Gasteiger partial charge in [-0.25, -0.2) is 14.2 Å². The Morgan fingerprint density at radius 3 is 2.85 bits per heavy atom. The molecule has 5 rings (SSSR count). The van der Waals surface area contributed by atoms with Crippen molar-refractivity contribution in [2.75, 3.05) is 0 Å². The summed E-state index contributed by atoms with van der Waals surface area (Å²) in [4.78, 5) is 37.2. The summed E-state index contributed by atoms with van der Waals surface area (Å²) in [5.41, 5.74) is 3.48. The number of carboxylic acid groups (broad SMARTS) is 1. The van der Waals surface area contributed by atoms with Crippen molar-refractivity contribution in [1.29, 1.82) is 0 Å². The molecule has 0 aromatic carbocycles. The predicted molar refractivity (Wildman–Crippen MR) is 122 cm³/mol. The van der Waals surface area contributed by atoms with Crippen molar-refractivity contribution in [3.8, 4) is 17.0 Å². The first kappa shape index (κ1) is 21.6. The fourth-order valence-electron chi connectivity index (χ4n) is 4.44. The number of fused-ring (bicyclic) bond motifs is 3. The summed E-state index contributed by atoms with van der Waals surface area (Å²) in [6.45, 7) is 2.23. The molecule has 0 aliphatic carbocycles. The van der Waals surface area contributed by atoms with Crippen LogP contribution in [0.2, 0.25) is 0 Å². The van der Waals surface area contributed by atoms with Gasteiger partial charge in [-0.1, -0.05) is 0 Å². The Kier molecular flexibility index (Phi) is 5.27. The Morgan fingerprint density at radius 1 is 1.29 bits per heavy atom. The topological polar surface area (TPSA) is 113 Å². The number of amides is 1. The average molecular weight is 463 g/mol. The van der Waals surface area contributed by atoms with Crippen LogP contribution >= 0.6 is 0 Å². The van der Waals surface area contributed by atoms with E-state index in [9.17, 15) is 19.1 Å². The Balaban J connectivity index is 1.54. The lowest BCUT2D eigenvalue weighted by molar-refractivity contribution is 0.119. The second-order valence-corrected chi connectivity index (χ2v) is 8.32. The number of nitrogens with zero attached hydrogens (tertiary/aromatic N) is 4. The van der Waals surface area contributed by atoms with Gasteiger partial charge in [-0.2, -0.15) is 0 Å². The zero-order valence-electron chi connectivity index (χ0n) is 18.6. The van der Waals surface area contributed by atoms with Gasteiger partial charge < -0.3 is 24.3 Å². The van der Waals surface area contributed by atoms with E-state index in [0.717, 1.165) is 22.8 Å². The summed E-state index contributed by atoms with van der Waals surface area (Å²) in [5.74, 6) is -0.115. The third-order valence-corrected chi connectivity index (χ3v) is 6.21. The van der Waals surface area contributed by atoms with Crippen LogP contribution in [0.1, 0.15) is 23.9 Å². The zero-order valence-corrected chi connectivity index (χ0v) is 18.6. The van der Waals surface area contributed by atoms with E-state index in [0.29, 0.717) is 29.2 Å². The molecule has 1 atom stereocenters. The molecule has 1 unspecified atom stereocenters. The highest BCUT2D eigenvalue weighted by molar-refractivity contribution is 5.86. The number of halogens is 1. The molecule has 1 aliphatic rings. The summed E-state index contributed by atoms with van der Waals surface area (Å²) in [6, 6.07) is 7.90. The normalized spacial score (nSPS) is 15.4. The lowest BCUT2D eigenvalue weighted by Gasteiger charge is -2.31. The van der Waals surface area contributed by atoms with E-state index >= 15 is 0 Å². The lowest BCUT2D eigenvalue weighted by Crippen LogP contribution is -2.42. The molecular weight excluding hydrogens is 441 g/mol. The second-order valence-electron chi connectivity index (χ2n) is 8.32. The Labute approximate surface area is 193 Å². The number of rotatable bonds is 4. The standard InChI is InChI=1S/C24H22FN5O4/c1-13-9-19-17(11-30(13)24(32)33)16-5-6-18(28-22(16)29(19)2)21-20(7-8-26-23(21)31)34-12-15-4-3-14(25)10-27-15/h3-8,10,13H,9,11-12H2,1-2H3,(H,26,31)(H,32,33). The van der Waals surface area contributed by atoms with Crippen molar-refractivity contribution in [1.82, 2.24) is 24.4 Å². The second kappa shape index (κ2) is 8.29. The number of carbonyl (C=O) groups is 1. The van der Waals surface area contributed by atoms with Gasteiger partial charge in [0.15, 0.2) is 0 Å². The van der Waals surface area contributed by atoms with Gasteiger partial charge in [0.25, 0.3) is 5.56 Å². The van der Waals surface area contributed by atoms with Crippen LogP contribution in [0.5, 0.6) is 5.75 Å². The number of aromatic nitrogens is 4. The van der Waals surface area contributed by atoms with E-state index in [-0.39, 0.29) is 30.3 Å². The molecule has 0 saturated heterocycles. The Bertz CT molecular complexity index is 1460. The molecule has 0 fully saturated rings. The molecule has 0 spiro atoms. The van der Waals surface area contributed by atoms with Crippen molar-refractivity contribution < 1.29 is 19.0 Å². The minimum absolute atomic E-state index is 0.0559. The molecule has 10 heteroatoms. The van der Waals surface area contributed by atoms with Crippen LogP contribution in [0.15, 0.2) is 47.5 Å². The van der Waals surface area contributed by atoms with E-state index in [1.807, 2.05) is 24.6 Å². The van der Waals surface area contributed by atoms with Gasteiger partial charge >= 0.3 is 6.09 Å². The quantitative estimate of drug-likeness (QED) is 0.479. The van der Waals surface area contributed by atoms with Crippen LogP contribution in [-0.4, -0.2) is 41.7 Å². The number of hydrogen-bond acceptors (Lipinski definition) is 5. The van der Waals surface area contributed by atoms with E-state index in [1.54, 1.807) is 12.1 Å². The van der Waals surface area contributed by atoms with Gasteiger partial charge in [0.05, 0.1) is 24.1 Å². The predicted octanol–water partition coefficient (Wildman–Crippen LogP) is 3.47. The average Bonchev–Trinajstić information content (AvgIpc) is 3.08. The maximum absolute atomic E-state index is 13.1. The lowest BCUT2D eigenvalue weighted by atomic mass is 10.00. The number of hydrogen-bond donors (Lipinski definition) is 2. The number of ether oxygens (including phenoxy) is 1. The van der Waals surface area contributed by atoms with Gasteiger partial charge in [-0.15, -0.1) is 0 Å². The van der Waals surface area contributed by atoms with Crippen LogP contribution in [0.25, 0.3) is 22.3 Å². The summed E-state index contributed by atoms with van der Waals surface area (Å²) in [7, 11) is 1.90. The Hall–Kier alpha value is -4.21. The summed E-state index contributed by atoms with van der Waals surface area (Å²) < 4.78 is 20.9. The molecule has 1 aliphatic heterocycles. The first-order chi connectivity index (χ1) is 16.3. The highest BCUT2D eigenvalue weighted by Crippen LogP contribution is 2.34. The molecular formula is C24H22FN5O4. The smallest absolute Gasteiger partial charge is 0.407 e. The van der Waals surface area contributed by atoms with Crippen molar-refractivity contribution in [3.05, 3.63) is 75.8 Å². The van der Waals surface area contributed by atoms with Gasteiger partial charge in [-0.05, 0) is 37.3 Å². The number of aryl methyl sites for hydroxylation is 1. The first-order valence-electron chi connectivity index (χ1n) is 10.8. The maximum atomic E-state index is 13.1. The number of pyridine rings is 3. The number of H-pyrrole nitrogens is 1. The maximum Gasteiger partial charge on any atom is 0.407 e. The van der Waals surface area contributed by atoms with Crippen molar-refractivity contribution in [2.24, 2.45) is 7.05 Å². The molecule has 4 aromatic heterocycles. The molecule has 0 bridgehead atoms. The van der Waals surface area contributed by atoms with Crippen LogP contribution in [0.4, 0.5) is 9.18 Å². The van der Waals surface area contributed by atoms with E-state index in [4.69, 9.17) is 9.72 Å². The van der Waals surface area contributed by atoms with Gasteiger partial charge in [-0.3, -0.25) is 9.78 Å². The van der Waals surface area contributed by atoms with Crippen molar-refractivity contribution >= 4 is 17.1 Å². The summed E-state index contributed by atoms with van der Waals surface area (Å²) >= 11 is 0. The van der Waals surface area contributed by atoms with Crippen molar-refractivity contribution in [2.45, 2.75) is 32.5 Å². The van der Waals surface area contributed by atoms with Gasteiger partial charge in [0.2, 0.25) is 0 Å². The zero-order chi connectivity index (χ0) is 24.0. The SMILES string of the molecule is CC1Cc2c(c3ccc(-c4c(OCc5ccc(F)cn5)cc[nH]c4=O)nc3n2C)CN1C(=O)O. The van der Waals surface area contributed by atoms with Gasteiger partial charge in [0.1, 0.15) is 29.4 Å². The molecule has 5 heterocycles. The van der Waals surface area contributed by atoms with E-state index in [1.165, 1.54) is 23.2 Å². The van der Waals surface area contributed by atoms with Crippen LogP contribution in [-0.2, 0) is 26.6 Å². The largest absolute Gasteiger partial charge is 0.486 e. The third kappa shape index (κ3) is 3.66. The molecule has 4 aromatic rings. The summed E-state index contributed by atoms with van der Waals surface area (Å²) in [6.07, 6.45) is 2.22. The first-order valence-corrected chi connectivity index (χ1v) is 10.8. The van der Waals surface area contributed by atoms with Crippen molar-refractivity contribution in [3.63, 3.8) is 0 Å². The monoisotopic (exact) mass is 463 g/mol. The Morgan fingerprint density at radius 2 is 2.12 bits per heavy atom. The number of aromatic amines is 1. The molecule has 34 heavy (non-hydrogen) atoms. The molecule has 0 saturated carbocycles. The minimum atomic E-state index is -0.951. The van der Waals surface area contributed by atoms with Crippen LogP contribution in [0, 0.1) is 5.82 Å². The summed E-state index contributed by atoms with van der Waals surface area (Å²) in [5, 5.41) is 10.4. The fraction of sp³-hybridized carbons (Fsp3) is 0.250. The highest BCUT2D eigenvalue weighted by atomic mass is 19.1. The van der Waals surface area contributed by atoms with Crippen LogP contribution < -0.4 is 10.3 Å². The van der Waals surface area contributed by atoms with Gasteiger partial charge in [0, 0.05) is 42.4 Å². The number of nitrogens with one attached hydrogen (secondary N) is 1. The molecule has 2 N–H and O–H groups in total.